The Morgan fingerprint density at radius 1 is 1.56 bits per heavy atom. The van der Waals surface area contributed by atoms with Crippen molar-refractivity contribution in [2.75, 3.05) is 0 Å². The highest BCUT2D eigenvalue weighted by Crippen LogP contribution is 2.01. The zero-order valence-electron chi connectivity index (χ0n) is 5.80. The Hall–Kier alpha value is -0.550. The minimum atomic E-state index is -0.205. The average Bonchev–Trinajstić information content (AvgIpc) is 1.80. The van der Waals surface area contributed by atoms with Crippen LogP contribution in [0, 0.1) is 11.3 Å². The normalized spacial score (nSPS) is 12.6. The van der Waals surface area contributed by atoms with Gasteiger partial charge in [-0.05, 0) is 26.2 Å². The van der Waals surface area contributed by atoms with Crippen LogP contribution in [0.15, 0.2) is 0 Å². The number of hydrogen-bond donors (Lipinski definition) is 1. The average molecular weight is 127 g/mol. The SMILES string of the molecule is CC(O)CCCCC#N. The third-order valence-electron chi connectivity index (χ3n) is 1.16. The summed E-state index contributed by atoms with van der Waals surface area (Å²) in [6, 6.07) is 2.06. The Morgan fingerprint density at radius 2 is 2.22 bits per heavy atom. The quantitative estimate of drug-likeness (QED) is 0.581. The third kappa shape index (κ3) is 7.45. The Morgan fingerprint density at radius 3 is 2.67 bits per heavy atom. The molecule has 0 fully saturated rings. The molecule has 1 atom stereocenters. The molecule has 0 saturated heterocycles. The molecule has 0 aromatic heterocycles. The molecule has 0 aromatic carbocycles. The van der Waals surface area contributed by atoms with Crippen molar-refractivity contribution in [3.8, 4) is 6.07 Å². The van der Waals surface area contributed by atoms with Gasteiger partial charge in [0.2, 0.25) is 0 Å². The first-order valence-corrected chi connectivity index (χ1v) is 3.32. The van der Waals surface area contributed by atoms with Gasteiger partial charge in [0.15, 0.2) is 0 Å². The van der Waals surface area contributed by atoms with Crippen LogP contribution in [-0.2, 0) is 0 Å². The van der Waals surface area contributed by atoms with Crippen molar-refractivity contribution < 1.29 is 5.11 Å². The summed E-state index contributed by atoms with van der Waals surface area (Å²) in [5.74, 6) is 0. The molecular weight excluding hydrogens is 114 g/mol. The molecule has 0 heterocycles. The number of nitriles is 1. The summed E-state index contributed by atoms with van der Waals surface area (Å²) in [6.07, 6.45) is 3.12. The van der Waals surface area contributed by atoms with E-state index < -0.39 is 0 Å². The molecule has 0 aliphatic heterocycles. The van der Waals surface area contributed by atoms with Crippen LogP contribution in [0.4, 0.5) is 0 Å². The highest BCUT2D eigenvalue weighted by molar-refractivity contribution is 4.68. The van der Waals surface area contributed by atoms with Crippen molar-refractivity contribution in [3.63, 3.8) is 0 Å². The molecule has 0 saturated carbocycles. The summed E-state index contributed by atoms with van der Waals surface area (Å²) in [6.45, 7) is 1.77. The molecule has 0 amide bonds. The van der Waals surface area contributed by atoms with Crippen molar-refractivity contribution >= 4 is 0 Å². The number of unbranched alkanes of at least 4 members (excludes halogenated alkanes) is 2. The topological polar surface area (TPSA) is 44.0 Å². The van der Waals surface area contributed by atoms with Crippen molar-refractivity contribution in [1.82, 2.24) is 0 Å². The van der Waals surface area contributed by atoms with E-state index in [0.717, 1.165) is 19.3 Å². The van der Waals surface area contributed by atoms with Crippen LogP contribution < -0.4 is 0 Å². The summed E-state index contributed by atoms with van der Waals surface area (Å²) in [5, 5.41) is 16.9. The molecule has 0 rings (SSSR count). The molecule has 1 unspecified atom stereocenters. The zero-order chi connectivity index (χ0) is 7.11. The van der Waals surface area contributed by atoms with E-state index in [9.17, 15) is 0 Å². The lowest BCUT2D eigenvalue weighted by Gasteiger charge is -1.99. The molecule has 1 N–H and O–H groups in total. The molecule has 2 nitrogen and oxygen atoms in total. The van der Waals surface area contributed by atoms with E-state index in [1.807, 2.05) is 0 Å². The Balaban J connectivity index is 2.85. The number of aliphatic hydroxyl groups is 1. The van der Waals surface area contributed by atoms with Crippen LogP contribution in [0.2, 0.25) is 0 Å². The molecule has 0 aromatic rings. The van der Waals surface area contributed by atoms with Crippen LogP contribution in [0.1, 0.15) is 32.6 Å². The lowest BCUT2D eigenvalue weighted by atomic mass is 10.1. The number of rotatable bonds is 4. The van der Waals surface area contributed by atoms with Crippen molar-refractivity contribution in [2.24, 2.45) is 0 Å². The van der Waals surface area contributed by atoms with E-state index in [2.05, 4.69) is 6.07 Å². The third-order valence-corrected chi connectivity index (χ3v) is 1.16. The molecule has 0 radical (unpaired) electrons. The van der Waals surface area contributed by atoms with Crippen molar-refractivity contribution in [1.29, 1.82) is 5.26 Å². The van der Waals surface area contributed by atoms with Crippen molar-refractivity contribution in [3.05, 3.63) is 0 Å². The van der Waals surface area contributed by atoms with E-state index >= 15 is 0 Å². The summed E-state index contributed by atoms with van der Waals surface area (Å²) in [5.41, 5.74) is 0. The Labute approximate surface area is 56.1 Å². The second-order valence-electron chi connectivity index (χ2n) is 2.25. The van der Waals surface area contributed by atoms with Gasteiger partial charge in [-0.1, -0.05) is 0 Å². The van der Waals surface area contributed by atoms with Crippen LogP contribution in [0.5, 0.6) is 0 Å². The second kappa shape index (κ2) is 5.58. The summed E-state index contributed by atoms with van der Waals surface area (Å²) in [4.78, 5) is 0. The number of aliphatic hydroxyl groups excluding tert-OH is 1. The van der Waals surface area contributed by atoms with E-state index in [0.29, 0.717) is 6.42 Å². The first kappa shape index (κ1) is 8.45. The molecule has 2 heteroatoms. The number of nitrogens with zero attached hydrogens (tertiary/aromatic N) is 1. The summed E-state index contributed by atoms with van der Waals surface area (Å²) in [7, 11) is 0. The molecule has 52 valence electrons. The molecule has 0 aliphatic rings. The predicted octanol–water partition coefficient (Wildman–Crippen LogP) is 1.45. The van der Waals surface area contributed by atoms with Gasteiger partial charge in [-0.3, -0.25) is 0 Å². The van der Waals surface area contributed by atoms with Crippen LogP contribution >= 0.6 is 0 Å². The number of hydrogen-bond acceptors (Lipinski definition) is 2. The first-order valence-electron chi connectivity index (χ1n) is 3.32. The first-order chi connectivity index (χ1) is 4.27. The van der Waals surface area contributed by atoms with Gasteiger partial charge in [0.05, 0.1) is 12.2 Å². The van der Waals surface area contributed by atoms with Gasteiger partial charge in [-0.15, -0.1) is 0 Å². The summed E-state index contributed by atoms with van der Waals surface area (Å²) >= 11 is 0. The maximum absolute atomic E-state index is 8.77. The minimum Gasteiger partial charge on any atom is -0.393 e. The fourth-order valence-electron chi connectivity index (χ4n) is 0.644. The van der Waals surface area contributed by atoms with Gasteiger partial charge in [-0.25, -0.2) is 0 Å². The maximum Gasteiger partial charge on any atom is 0.0621 e. The summed E-state index contributed by atoms with van der Waals surface area (Å²) < 4.78 is 0. The van der Waals surface area contributed by atoms with Crippen LogP contribution in [0.3, 0.4) is 0 Å². The van der Waals surface area contributed by atoms with E-state index in [1.54, 1.807) is 6.92 Å². The van der Waals surface area contributed by atoms with E-state index in [-0.39, 0.29) is 6.10 Å². The lowest BCUT2D eigenvalue weighted by molar-refractivity contribution is 0.181. The molecule has 0 aliphatic carbocycles. The van der Waals surface area contributed by atoms with Crippen LogP contribution in [0.25, 0.3) is 0 Å². The van der Waals surface area contributed by atoms with Gasteiger partial charge in [-0.2, -0.15) is 5.26 Å². The van der Waals surface area contributed by atoms with Gasteiger partial charge in [0.1, 0.15) is 0 Å². The van der Waals surface area contributed by atoms with Crippen molar-refractivity contribution in [2.45, 2.75) is 38.7 Å². The molecule has 0 bridgehead atoms. The fraction of sp³-hybridized carbons (Fsp3) is 0.857. The highest BCUT2D eigenvalue weighted by atomic mass is 16.3. The predicted molar refractivity (Wildman–Crippen MR) is 35.8 cm³/mol. The van der Waals surface area contributed by atoms with E-state index in [1.165, 1.54) is 0 Å². The molecular formula is C7H13NO. The smallest absolute Gasteiger partial charge is 0.0621 e. The van der Waals surface area contributed by atoms with Gasteiger partial charge < -0.3 is 5.11 Å². The molecule has 9 heavy (non-hydrogen) atoms. The minimum absolute atomic E-state index is 0.205. The van der Waals surface area contributed by atoms with Gasteiger partial charge in [0.25, 0.3) is 0 Å². The standard InChI is InChI=1S/C7H13NO/c1-7(9)5-3-2-4-6-8/h7,9H,2-5H2,1H3. The Kier molecular flexibility index (Phi) is 5.24. The molecule has 0 spiro atoms. The Bertz CT molecular complexity index is 93.6. The maximum atomic E-state index is 8.77. The fourth-order valence-corrected chi connectivity index (χ4v) is 0.644. The highest BCUT2D eigenvalue weighted by Gasteiger charge is 1.93. The lowest BCUT2D eigenvalue weighted by Crippen LogP contribution is -1.97. The second-order valence-corrected chi connectivity index (χ2v) is 2.25. The largest absolute Gasteiger partial charge is 0.393 e. The van der Waals surface area contributed by atoms with Gasteiger partial charge >= 0.3 is 0 Å². The van der Waals surface area contributed by atoms with Crippen LogP contribution in [-0.4, -0.2) is 11.2 Å². The zero-order valence-corrected chi connectivity index (χ0v) is 5.80. The van der Waals surface area contributed by atoms with E-state index in [4.69, 9.17) is 10.4 Å². The van der Waals surface area contributed by atoms with Gasteiger partial charge in [0, 0.05) is 6.42 Å². The monoisotopic (exact) mass is 127 g/mol.